The van der Waals surface area contributed by atoms with Crippen molar-refractivity contribution in [1.82, 2.24) is 9.21 Å². The van der Waals surface area contributed by atoms with E-state index in [1.54, 1.807) is 47.4 Å². The molecular formula is C27H30FN3O3S. The van der Waals surface area contributed by atoms with Crippen molar-refractivity contribution < 1.29 is 17.6 Å². The quantitative estimate of drug-likeness (QED) is 0.498. The molecule has 0 spiro atoms. The third kappa shape index (κ3) is 5.89. The van der Waals surface area contributed by atoms with Gasteiger partial charge in [0, 0.05) is 32.7 Å². The van der Waals surface area contributed by atoms with Gasteiger partial charge in [-0.3, -0.25) is 4.79 Å². The van der Waals surface area contributed by atoms with Gasteiger partial charge in [0.05, 0.1) is 17.1 Å². The molecule has 1 amide bonds. The van der Waals surface area contributed by atoms with Crippen molar-refractivity contribution in [3.8, 4) is 0 Å². The van der Waals surface area contributed by atoms with E-state index in [2.05, 4.69) is 0 Å². The zero-order valence-corrected chi connectivity index (χ0v) is 20.8. The summed E-state index contributed by atoms with van der Waals surface area (Å²) < 4.78 is 42.5. The number of carbonyl (C=O) groups excluding carboxylic acids is 1. The minimum Gasteiger partial charge on any atom is -0.366 e. The highest BCUT2D eigenvalue weighted by molar-refractivity contribution is 7.89. The summed E-state index contributed by atoms with van der Waals surface area (Å²) in [5.74, 6) is -0.553. The summed E-state index contributed by atoms with van der Waals surface area (Å²) in [5.41, 5.74) is 3.31. The molecule has 0 N–H and O–H groups in total. The van der Waals surface area contributed by atoms with Crippen LogP contribution >= 0.6 is 0 Å². The van der Waals surface area contributed by atoms with Gasteiger partial charge in [0.1, 0.15) is 5.82 Å². The molecule has 184 valence electrons. The average Bonchev–Trinajstić information content (AvgIpc) is 2.84. The maximum atomic E-state index is 14.2. The molecule has 4 rings (SSSR count). The lowest BCUT2D eigenvalue weighted by atomic mass is 10.1. The van der Waals surface area contributed by atoms with Crippen LogP contribution in [0.15, 0.2) is 77.7 Å². The van der Waals surface area contributed by atoms with E-state index in [1.165, 1.54) is 10.4 Å². The van der Waals surface area contributed by atoms with Crippen LogP contribution in [0.25, 0.3) is 0 Å². The fraction of sp³-hybridized carbons (Fsp3) is 0.296. The van der Waals surface area contributed by atoms with Gasteiger partial charge in [-0.25, -0.2) is 12.8 Å². The van der Waals surface area contributed by atoms with Gasteiger partial charge in [-0.05, 0) is 43.7 Å². The van der Waals surface area contributed by atoms with Gasteiger partial charge in [0.2, 0.25) is 15.9 Å². The third-order valence-electron chi connectivity index (χ3n) is 6.24. The number of nitrogens with zero attached hydrogens (tertiary/aromatic N) is 3. The number of rotatable bonds is 7. The Balaban J connectivity index is 1.51. The van der Waals surface area contributed by atoms with Crippen LogP contribution in [-0.2, 0) is 21.4 Å². The number of halogens is 1. The van der Waals surface area contributed by atoms with Crippen LogP contribution in [0, 0.1) is 19.7 Å². The van der Waals surface area contributed by atoms with Gasteiger partial charge < -0.3 is 9.80 Å². The van der Waals surface area contributed by atoms with Crippen molar-refractivity contribution in [2.75, 3.05) is 37.6 Å². The lowest BCUT2D eigenvalue weighted by Crippen LogP contribution is -2.52. The second-order valence-corrected chi connectivity index (χ2v) is 10.8. The van der Waals surface area contributed by atoms with Gasteiger partial charge >= 0.3 is 0 Å². The van der Waals surface area contributed by atoms with Gasteiger partial charge in [0.15, 0.2) is 0 Å². The molecule has 3 aromatic carbocycles. The van der Waals surface area contributed by atoms with Gasteiger partial charge in [-0.1, -0.05) is 59.7 Å². The molecule has 3 aromatic rings. The van der Waals surface area contributed by atoms with Crippen molar-refractivity contribution in [1.29, 1.82) is 0 Å². The number of hydrogen-bond acceptors (Lipinski definition) is 4. The first-order valence-corrected chi connectivity index (χ1v) is 13.1. The maximum absolute atomic E-state index is 14.2. The molecule has 1 fully saturated rings. The van der Waals surface area contributed by atoms with E-state index in [1.807, 2.05) is 43.0 Å². The zero-order chi connectivity index (χ0) is 25.0. The van der Waals surface area contributed by atoms with E-state index in [0.29, 0.717) is 31.9 Å². The topological polar surface area (TPSA) is 60.9 Å². The highest BCUT2D eigenvalue weighted by Crippen LogP contribution is 2.22. The Labute approximate surface area is 206 Å². The largest absolute Gasteiger partial charge is 0.366 e. The molecule has 35 heavy (non-hydrogen) atoms. The van der Waals surface area contributed by atoms with Gasteiger partial charge in [-0.15, -0.1) is 0 Å². The molecule has 0 bridgehead atoms. The molecule has 1 aliphatic heterocycles. The lowest BCUT2D eigenvalue weighted by molar-refractivity contribution is -0.131. The molecule has 0 saturated carbocycles. The zero-order valence-electron chi connectivity index (χ0n) is 20.0. The van der Waals surface area contributed by atoms with E-state index in [9.17, 15) is 17.6 Å². The summed E-state index contributed by atoms with van der Waals surface area (Å²) in [5, 5.41) is 0. The van der Waals surface area contributed by atoms with Crippen molar-refractivity contribution in [2.24, 2.45) is 0 Å². The summed E-state index contributed by atoms with van der Waals surface area (Å²) in [6.45, 7) is 5.44. The second kappa shape index (κ2) is 10.6. The number of piperazine rings is 1. The van der Waals surface area contributed by atoms with E-state index in [-0.39, 0.29) is 29.7 Å². The summed E-state index contributed by atoms with van der Waals surface area (Å²) in [6.07, 6.45) is 0. The number of carbonyl (C=O) groups is 1. The number of amides is 1. The fourth-order valence-electron chi connectivity index (χ4n) is 4.26. The Morgan fingerprint density at radius 2 is 1.57 bits per heavy atom. The number of anilines is 1. The molecule has 0 unspecified atom stereocenters. The third-order valence-corrected chi connectivity index (χ3v) is 8.04. The predicted octanol–water partition coefficient (Wildman–Crippen LogP) is 3.98. The predicted molar refractivity (Wildman–Crippen MR) is 135 cm³/mol. The smallest absolute Gasteiger partial charge is 0.243 e. The monoisotopic (exact) mass is 495 g/mol. The SMILES string of the molecule is Cc1ccc(S(=O)(=O)N(CC(=O)N2CCN(c3ccccc3F)CC2)Cc2cccc(C)c2)cc1. The van der Waals surface area contributed by atoms with Gasteiger partial charge in [0.25, 0.3) is 0 Å². The second-order valence-electron chi connectivity index (χ2n) is 8.89. The van der Waals surface area contributed by atoms with Crippen LogP contribution in [0.3, 0.4) is 0 Å². The van der Waals surface area contributed by atoms with E-state index in [4.69, 9.17) is 0 Å². The maximum Gasteiger partial charge on any atom is 0.243 e. The molecule has 6 nitrogen and oxygen atoms in total. The first-order chi connectivity index (χ1) is 16.7. The standard InChI is InChI=1S/C27H30FN3O3S/c1-21-10-12-24(13-11-21)35(33,34)31(19-23-7-5-6-22(2)18-23)20-27(32)30-16-14-29(15-17-30)26-9-4-3-8-25(26)28/h3-13,18H,14-17,19-20H2,1-2H3. The normalized spacial score (nSPS) is 14.4. The van der Waals surface area contributed by atoms with E-state index >= 15 is 0 Å². The number of hydrogen-bond donors (Lipinski definition) is 0. The van der Waals surface area contributed by atoms with Crippen LogP contribution in [0.4, 0.5) is 10.1 Å². The Bertz CT molecular complexity index is 1290. The fourth-order valence-corrected chi connectivity index (χ4v) is 5.63. The Hall–Kier alpha value is -3.23. The highest BCUT2D eigenvalue weighted by Gasteiger charge is 2.30. The first kappa shape index (κ1) is 24.9. The van der Waals surface area contributed by atoms with Crippen LogP contribution < -0.4 is 4.90 Å². The number of benzene rings is 3. The Kier molecular flexibility index (Phi) is 7.52. The lowest BCUT2D eigenvalue weighted by Gasteiger charge is -2.37. The Morgan fingerprint density at radius 3 is 2.23 bits per heavy atom. The van der Waals surface area contributed by atoms with E-state index < -0.39 is 10.0 Å². The van der Waals surface area contributed by atoms with Crippen molar-refractivity contribution in [3.05, 3.63) is 95.3 Å². The van der Waals surface area contributed by atoms with Crippen molar-refractivity contribution >= 4 is 21.6 Å². The summed E-state index contributed by atoms with van der Waals surface area (Å²) in [7, 11) is -3.90. The van der Waals surface area contributed by atoms with E-state index in [0.717, 1.165) is 16.7 Å². The molecule has 8 heteroatoms. The molecule has 0 atom stereocenters. The summed E-state index contributed by atoms with van der Waals surface area (Å²) in [6, 6.07) is 20.9. The van der Waals surface area contributed by atoms with Crippen LogP contribution in [0.1, 0.15) is 16.7 Å². The number of sulfonamides is 1. The van der Waals surface area contributed by atoms with Crippen LogP contribution in [-0.4, -0.2) is 56.3 Å². The highest BCUT2D eigenvalue weighted by atomic mass is 32.2. The molecule has 0 aliphatic carbocycles. The van der Waals surface area contributed by atoms with Crippen molar-refractivity contribution in [2.45, 2.75) is 25.3 Å². The van der Waals surface area contributed by atoms with Crippen LogP contribution in [0.5, 0.6) is 0 Å². The van der Waals surface area contributed by atoms with Crippen molar-refractivity contribution in [3.63, 3.8) is 0 Å². The molecule has 1 aliphatic rings. The minimum absolute atomic E-state index is 0.0961. The molecule has 1 heterocycles. The molecule has 0 aromatic heterocycles. The summed E-state index contributed by atoms with van der Waals surface area (Å²) >= 11 is 0. The first-order valence-electron chi connectivity index (χ1n) is 11.6. The Morgan fingerprint density at radius 1 is 0.886 bits per heavy atom. The molecule has 1 saturated heterocycles. The molecule has 0 radical (unpaired) electrons. The number of aryl methyl sites for hydroxylation is 2. The summed E-state index contributed by atoms with van der Waals surface area (Å²) in [4.78, 5) is 17.0. The van der Waals surface area contributed by atoms with Gasteiger partial charge in [-0.2, -0.15) is 4.31 Å². The average molecular weight is 496 g/mol. The molecular weight excluding hydrogens is 465 g/mol. The minimum atomic E-state index is -3.90. The number of para-hydroxylation sites is 1. The van der Waals surface area contributed by atoms with Crippen LogP contribution in [0.2, 0.25) is 0 Å².